The number of halogens is 2. The molecule has 130 valence electrons. The van der Waals surface area contributed by atoms with Crippen LogP contribution in [0.25, 0.3) is 0 Å². The van der Waals surface area contributed by atoms with Crippen LogP contribution in [0.4, 0.5) is 14.5 Å². The Hall–Kier alpha value is -3.09. The highest BCUT2D eigenvalue weighted by Crippen LogP contribution is 2.32. The van der Waals surface area contributed by atoms with Crippen molar-refractivity contribution in [1.82, 2.24) is 0 Å². The molecular formula is C18H15F2NO4. The van der Waals surface area contributed by atoms with E-state index in [0.717, 1.165) is 5.69 Å². The maximum absolute atomic E-state index is 12.2. The van der Waals surface area contributed by atoms with Gasteiger partial charge in [0.15, 0.2) is 17.3 Å². The fourth-order valence-corrected chi connectivity index (χ4v) is 2.27. The van der Waals surface area contributed by atoms with E-state index in [1.54, 1.807) is 18.2 Å². The first-order chi connectivity index (χ1) is 12.1. The lowest BCUT2D eigenvalue weighted by Gasteiger charge is -2.18. The molecule has 0 unspecified atom stereocenters. The second kappa shape index (κ2) is 7.65. The van der Waals surface area contributed by atoms with Gasteiger partial charge in [0.05, 0.1) is 0 Å². The Balaban J connectivity index is 1.63. The number of hydrogen-bond donors (Lipinski definition) is 1. The number of carbonyl (C=O) groups excluding carboxylic acids is 1. The normalized spacial score (nSPS) is 13.1. The fourth-order valence-electron chi connectivity index (χ4n) is 2.27. The Kier molecular flexibility index (Phi) is 5.13. The number of ether oxygens (including phenoxy) is 3. The molecule has 3 rings (SSSR count). The number of fused-ring (bicyclic) bond motifs is 1. The number of carbonyl (C=O) groups is 1. The van der Waals surface area contributed by atoms with Crippen molar-refractivity contribution in [3.05, 3.63) is 60.3 Å². The molecule has 1 heterocycles. The highest BCUT2D eigenvalue weighted by Gasteiger charge is 2.11. The van der Waals surface area contributed by atoms with Crippen molar-refractivity contribution in [2.75, 3.05) is 18.5 Å². The quantitative estimate of drug-likeness (QED) is 0.635. The molecule has 0 saturated heterocycles. The van der Waals surface area contributed by atoms with Gasteiger partial charge in [-0.1, -0.05) is 12.1 Å². The number of allylic oxidation sites excluding steroid dienone is 1. The number of nitrogens with one attached hydrogen (secondary N) is 1. The van der Waals surface area contributed by atoms with Crippen molar-refractivity contribution < 1.29 is 27.8 Å². The SMILES string of the molecule is O=C(/C=C/Nc1ccc2c(c1)OCCO2)c1cccc(OC(F)F)c1. The lowest BCUT2D eigenvalue weighted by Crippen LogP contribution is -2.15. The van der Waals surface area contributed by atoms with Crippen molar-refractivity contribution in [2.45, 2.75) is 6.61 Å². The molecule has 0 bridgehead atoms. The van der Waals surface area contributed by atoms with E-state index in [2.05, 4.69) is 10.1 Å². The van der Waals surface area contributed by atoms with Gasteiger partial charge in [0.25, 0.3) is 0 Å². The summed E-state index contributed by atoms with van der Waals surface area (Å²) in [5, 5.41) is 2.95. The molecule has 0 fully saturated rings. The van der Waals surface area contributed by atoms with Crippen LogP contribution in [0.3, 0.4) is 0 Å². The van der Waals surface area contributed by atoms with Crippen LogP contribution in [0.1, 0.15) is 10.4 Å². The predicted octanol–water partition coefficient (Wildman–Crippen LogP) is 3.87. The Morgan fingerprint density at radius 3 is 2.72 bits per heavy atom. The molecule has 0 spiro atoms. The van der Waals surface area contributed by atoms with Crippen LogP contribution in [-0.2, 0) is 0 Å². The van der Waals surface area contributed by atoms with Gasteiger partial charge in [-0.25, -0.2) is 0 Å². The van der Waals surface area contributed by atoms with Crippen LogP contribution < -0.4 is 19.5 Å². The van der Waals surface area contributed by atoms with Crippen molar-refractivity contribution in [3.63, 3.8) is 0 Å². The van der Waals surface area contributed by atoms with Crippen LogP contribution in [0, 0.1) is 0 Å². The van der Waals surface area contributed by atoms with E-state index in [9.17, 15) is 13.6 Å². The molecule has 5 nitrogen and oxygen atoms in total. The predicted molar refractivity (Wildman–Crippen MR) is 87.6 cm³/mol. The maximum Gasteiger partial charge on any atom is 0.387 e. The van der Waals surface area contributed by atoms with Gasteiger partial charge in [-0.3, -0.25) is 4.79 Å². The third-order valence-electron chi connectivity index (χ3n) is 3.37. The van der Waals surface area contributed by atoms with E-state index in [1.807, 2.05) is 0 Å². The third-order valence-corrected chi connectivity index (χ3v) is 3.37. The monoisotopic (exact) mass is 347 g/mol. The van der Waals surface area contributed by atoms with E-state index >= 15 is 0 Å². The van der Waals surface area contributed by atoms with Gasteiger partial charge >= 0.3 is 6.61 Å². The molecule has 0 radical (unpaired) electrons. The minimum Gasteiger partial charge on any atom is -0.486 e. The molecule has 1 aliphatic rings. The number of ketones is 1. The zero-order valence-electron chi connectivity index (χ0n) is 13.1. The molecular weight excluding hydrogens is 332 g/mol. The van der Waals surface area contributed by atoms with Gasteiger partial charge in [-0.05, 0) is 24.3 Å². The summed E-state index contributed by atoms with van der Waals surface area (Å²) in [6.45, 7) is -1.93. The van der Waals surface area contributed by atoms with Gasteiger partial charge in [-0.15, -0.1) is 0 Å². The molecule has 0 aliphatic carbocycles. The highest BCUT2D eigenvalue weighted by atomic mass is 19.3. The van der Waals surface area contributed by atoms with Gasteiger partial charge in [-0.2, -0.15) is 8.78 Å². The first kappa shape index (κ1) is 16.8. The van der Waals surface area contributed by atoms with Crippen molar-refractivity contribution >= 4 is 11.5 Å². The minimum atomic E-state index is -2.93. The summed E-state index contributed by atoms with van der Waals surface area (Å²) in [4.78, 5) is 12.1. The number of rotatable bonds is 6. The summed E-state index contributed by atoms with van der Waals surface area (Å²) in [5.74, 6) is 0.902. The van der Waals surface area contributed by atoms with E-state index in [0.29, 0.717) is 24.7 Å². The van der Waals surface area contributed by atoms with Crippen LogP contribution in [-0.4, -0.2) is 25.6 Å². The van der Waals surface area contributed by atoms with Crippen molar-refractivity contribution in [1.29, 1.82) is 0 Å². The second-order valence-corrected chi connectivity index (χ2v) is 5.11. The minimum absolute atomic E-state index is 0.0611. The Labute approximate surface area is 142 Å². The number of benzene rings is 2. The summed E-state index contributed by atoms with van der Waals surface area (Å²) in [7, 11) is 0. The first-order valence-electron chi connectivity index (χ1n) is 7.54. The fraction of sp³-hybridized carbons (Fsp3) is 0.167. The van der Waals surface area contributed by atoms with Crippen molar-refractivity contribution in [3.8, 4) is 17.2 Å². The zero-order valence-corrected chi connectivity index (χ0v) is 13.1. The highest BCUT2D eigenvalue weighted by molar-refractivity contribution is 6.04. The van der Waals surface area contributed by atoms with Gasteiger partial charge in [0.1, 0.15) is 19.0 Å². The smallest absolute Gasteiger partial charge is 0.387 e. The summed E-state index contributed by atoms with van der Waals surface area (Å²) in [6.07, 6.45) is 2.77. The van der Waals surface area contributed by atoms with Crippen LogP contribution >= 0.6 is 0 Å². The van der Waals surface area contributed by atoms with Gasteiger partial charge in [0, 0.05) is 29.6 Å². The van der Waals surface area contributed by atoms with Crippen LogP contribution in [0.15, 0.2) is 54.7 Å². The Morgan fingerprint density at radius 2 is 1.92 bits per heavy atom. The molecule has 0 saturated carbocycles. The van der Waals surface area contributed by atoms with E-state index in [4.69, 9.17) is 9.47 Å². The summed E-state index contributed by atoms with van der Waals surface area (Å²) in [5.41, 5.74) is 0.974. The van der Waals surface area contributed by atoms with Crippen molar-refractivity contribution in [2.24, 2.45) is 0 Å². The molecule has 1 N–H and O–H groups in total. The second-order valence-electron chi connectivity index (χ2n) is 5.11. The van der Waals surface area contributed by atoms with Crippen LogP contribution in [0.5, 0.6) is 17.2 Å². The van der Waals surface area contributed by atoms with E-state index in [-0.39, 0.29) is 17.1 Å². The average Bonchev–Trinajstić information content (AvgIpc) is 2.61. The lowest BCUT2D eigenvalue weighted by atomic mass is 10.1. The van der Waals surface area contributed by atoms with E-state index < -0.39 is 6.61 Å². The van der Waals surface area contributed by atoms with Gasteiger partial charge in [0.2, 0.25) is 0 Å². The molecule has 1 aliphatic heterocycles. The average molecular weight is 347 g/mol. The third kappa shape index (κ3) is 4.47. The largest absolute Gasteiger partial charge is 0.486 e. The number of alkyl halides is 2. The first-order valence-corrected chi connectivity index (χ1v) is 7.54. The summed E-state index contributed by atoms with van der Waals surface area (Å²) >= 11 is 0. The zero-order chi connectivity index (χ0) is 17.6. The van der Waals surface area contributed by atoms with Gasteiger partial charge < -0.3 is 19.5 Å². The molecule has 0 amide bonds. The molecule has 0 aromatic heterocycles. The Bertz CT molecular complexity index is 792. The Morgan fingerprint density at radius 1 is 1.12 bits per heavy atom. The maximum atomic E-state index is 12.2. The standard InChI is InChI=1S/C18H15F2NO4/c19-18(20)25-14-3-1-2-12(10-14)15(22)6-7-21-13-4-5-16-17(11-13)24-9-8-23-16/h1-7,10-11,18,21H,8-9H2/b7-6+. The topological polar surface area (TPSA) is 56.8 Å². The van der Waals surface area contributed by atoms with E-state index in [1.165, 1.54) is 36.5 Å². The number of anilines is 1. The summed E-state index contributed by atoms with van der Waals surface area (Å²) in [6, 6.07) is 11.0. The molecule has 0 atom stereocenters. The lowest BCUT2D eigenvalue weighted by molar-refractivity contribution is -0.0498. The molecule has 2 aromatic rings. The number of hydrogen-bond acceptors (Lipinski definition) is 5. The summed E-state index contributed by atoms with van der Waals surface area (Å²) < 4.78 is 39.6. The molecule has 7 heteroatoms. The van der Waals surface area contributed by atoms with Crippen LogP contribution in [0.2, 0.25) is 0 Å². The molecule has 25 heavy (non-hydrogen) atoms. The molecule has 2 aromatic carbocycles.